The standard InChI is InChI=1S/C15H19NO7/c1-15(13(19)20)8-3-2-4-10(7-9-15)22-14(21)23-16-11(17)5-6-12(16)18/h2,4,10H,3,5-9H2,1H3,(H,19,20)/b4-2-. The molecule has 2 amide bonds. The third kappa shape index (κ3) is 4.08. The number of allylic oxidation sites excluding steroid dienone is 1. The largest absolute Gasteiger partial charge is 0.534 e. The molecule has 1 N–H and O–H groups in total. The van der Waals surface area contributed by atoms with Crippen LogP contribution >= 0.6 is 0 Å². The highest BCUT2D eigenvalue weighted by Gasteiger charge is 2.36. The minimum atomic E-state index is -1.15. The van der Waals surface area contributed by atoms with E-state index in [1.165, 1.54) is 0 Å². The number of amides is 2. The fourth-order valence-electron chi connectivity index (χ4n) is 2.52. The van der Waals surface area contributed by atoms with Gasteiger partial charge in [-0.2, -0.15) is 0 Å². The fourth-order valence-corrected chi connectivity index (χ4v) is 2.52. The number of hydrogen-bond donors (Lipinski definition) is 1. The molecule has 0 aromatic carbocycles. The summed E-state index contributed by atoms with van der Waals surface area (Å²) < 4.78 is 5.07. The lowest BCUT2D eigenvalue weighted by Crippen LogP contribution is -2.34. The van der Waals surface area contributed by atoms with E-state index >= 15 is 0 Å². The van der Waals surface area contributed by atoms with Crippen LogP contribution in [0.15, 0.2) is 12.2 Å². The molecular formula is C15H19NO7. The van der Waals surface area contributed by atoms with Crippen LogP contribution in [0.3, 0.4) is 0 Å². The van der Waals surface area contributed by atoms with E-state index in [0.29, 0.717) is 30.7 Å². The van der Waals surface area contributed by atoms with Crippen LogP contribution in [0.4, 0.5) is 4.79 Å². The van der Waals surface area contributed by atoms with Crippen molar-refractivity contribution in [3.05, 3.63) is 12.2 Å². The number of hydroxylamine groups is 2. The van der Waals surface area contributed by atoms with Gasteiger partial charge in [0.15, 0.2) is 0 Å². The second-order valence-corrected chi connectivity index (χ2v) is 5.95. The number of hydrogen-bond acceptors (Lipinski definition) is 6. The van der Waals surface area contributed by atoms with E-state index in [9.17, 15) is 24.3 Å². The van der Waals surface area contributed by atoms with Crippen molar-refractivity contribution < 1.29 is 33.9 Å². The summed E-state index contributed by atoms with van der Waals surface area (Å²) in [6.07, 6.45) is 3.34. The van der Waals surface area contributed by atoms with Gasteiger partial charge in [-0.3, -0.25) is 19.2 Å². The SMILES string of the molecule is CC1(C(=O)O)CC/C=C\C(OC(=O)ON2C(=O)CCC2=O)CC1. The van der Waals surface area contributed by atoms with Gasteiger partial charge in [-0.15, -0.1) is 0 Å². The zero-order chi connectivity index (χ0) is 17.0. The van der Waals surface area contributed by atoms with E-state index in [-0.39, 0.29) is 12.8 Å². The van der Waals surface area contributed by atoms with Gasteiger partial charge >= 0.3 is 12.1 Å². The molecule has 2 rings (SSSR count). The molecule has 1 aliphatic carbocycles. The minimum Gasteiger partial charge on any atom is -0.481 e. The maximum absolute atomic E-state index is 11.7. The Kier molecular flexibility index (Phi) is 5.02. The van der Waals surface area contributed by atoms with Gasteiger partial charge in [0.05, 0.1) is 5.41 Å². The van der Waals surface area contributed by atoms with Gasteiger partial charge in [-0.05, 0) is 38.7 Å². The number of carboxylic acids is 1. The van der Waals surface area contributed by atoms with Crippen LogP contribution in [0.5, 0.6) is 0 Å². The lowest BCUT2D eigenvalue weighted by molar-refractivity contribution is -0.178. The lowest BCUT2D eigenvalue weighted by atomic mass is 9.79. The summed E-state index contributed by atoms with van der Waals surface area (Å²) in [5.74, 6) is -2.06. The molecule has 1 fully saturated rings. The Hall–Kier alpha value is -2.38. The van der Waals surface area contributed by atoms with E-state index < -0.39 is 35.5 Å². The Morgan fingerprint density at radius 3 is 2.52 bits per heavy atom. The predicted octanol–water partition coefficient (Wildman–Crippen LogP) is 1.79. The van der Waals surface area contributed by atoms with E-state index in [4.69, 9.17) is 4.74 Å². The van der Waals surface area contributed by atoms with Crippen molar-refractivity contribution in [3.63, 3.8) is 0 Å². The van der Waals surface area contributed by atoms with Crippen molar-refractivity contribution >= 4 is 23.9 Å². The molecule has 1 aliphatic heterocycles. The summed E-state index contributed by atoms with van der Waals surface area (Å²) >= 11 is 0. The molecule has 8 heteroatoms. The fraction of sp³-hybridized carbons (Fsp3) is 0.600. The number of carbonyl (C=O) groups is 4. The predicted molar refractivity (Wildman–Crippen MR) is 75.8 cm³/mol. The van der Waals surface area contributed by atoms with Gasteiger partial charge in [0, 0.05) is 12.8 Å². The highest BCUT2D eigenvalue weighted by Crippen LogP contribution is 2.32. The van der Waals surface area contributed by atoms with Crippen LogP contribution < -0.4 is 0 Å². The molecule has 0 aromatic rings. The maximum atomic E-state index is 11.7. The van der Waals surface area contributed by atoms with Gasteiger partial charge in [-0.1, -0.05) is 11.1 Å². The summed E-state index contributed by atoms with van der Waals surface area (Å²) in [5, 5.41) is 9.71. The Bertz CT molecular complexity index is 540. The third-order valence-electron chi connectivity index (χ3n) is 4.13. The highest BCUT2D eigenvalue weighted by molar-refractivity contribution is 6.01. The van der Waals surface area contributed by atoms with Gasteiger partial charge in [0.25, 0.3) is 11.8 Å². The smallest absolute Gasteiger partial charge is 0.481 e. The first-order valence-corrected chi connectivity index (χ1v) is 7.46. The quantitative estimate of drug-likeness (QED) is 0.478. The molecule has 23 heavy (non-hydrogen) atoms. The first-order chi connectivity index (χ1) is 10.8. The minimum absolute atomic E-state index is 0.00636. The number of imide groups is 1. The maximum Gasteiger partial charge on any atom is 0.534 e. The Balaban J connectivity index is 1.92. The molecule has 2 aliphatic rings. The van der Waals surface area contributed by atoms with E-state index in [1.807, 2.05) is 0 Å². The van der Waals surface area contributed by atoms with Crippen molar-refractivity contribution in [2.45, 2.75) is 51.6 Å². The molecule has 0 spiro atoms. The zero-order valence-electron chi connectivity index (χ0n) is 12.8. The summed E-state index contributed by atoms with van der Waals surface area (Å²) in [6, 6.07) is 0. The average molecular weight is 325 g/mol. The Morgan fingerprint density at radius 2 is 1.91 bits per heavy atom. The topological polar surface area (TPSA) is 110 Å². The van der Waals surface area contributed by atoms with Crippen LogP contribution in [0, 0.1) is 5.41 Å². The molecule has 2 atom stereocenters. The van der Waals surface area contributed by atoms with Gasteiger partial charge in [-0.25, -0.2) is 4.79 Å². The van der Waals surface area contributed by atoms with E-state index in [0.717, 1.165) is 0 Å². The molecule has 0 aromatic heterocycles. The van der Waals surface area contributed by atoms with Crippen molar-refractivity contribution in [2.24, 2.45) is 5.41 Å². The van der Waals surface area contributed by atoms with Crippen LogP contribution in [0.25, 0.3) is 0 Å². The van der Waals surface area contributed by atoms with Crippen LogP contribution in [0.2, 0.25) is 0 Å². The summed E-state index contributed by atoms with van der Waals surface area (Å²) in [4.78, 5) is 50.4. The highest BCUT2D eigenvalue weighted by atomic mass is 16.8. The van der Waals surface area contributed by atoms with E-state index in [1.54, 1.807) is 19.1 Å². The average Bonchev–Trinajstić information content (AvgIpc) is 2.78. The molecule has 0 saturated carbocycles. The van der Waals surface area contributed by atoms with E-state index in [2.05, 4.69) is 4.84 Å². The molecular weight excluding hydrogens is 306 g/mol. The Morgan fingerprint density at radius 1 is 1.26 bits per heavy atom. The number of carbonyl (C=O) groups excluding carboxylic acids is 3. The number of nitrogens with zero attached hydrogens (tertiary/aromatic N) is 1. The van der Waals surface area contributed by atoms with Crippen molar-refractivity contribution in [1.82, 2.24) is 5.06 Å². The second-order valence-electron chi connectivity index (χ2n) is 5.95. The molecule has 0 radical (unpaired) electrons. The number of carboxylic acid groups (broad SMARTS) is 1. The van der Waals surface area contributed by atoms with Crippen LogP contribution in [-0.4, -0.2) is 40.2 Å². The first kappa shape index (κ1) is 17.0. The normalized spacial score (nSPS) is 29.6. The molecule has 1 saturated heterocycles. The zero-order valence-corrected chi connectivity index (χ0v) is 12.8. The number of ether oxygens (including phenoxy) is 1. The molecule has 126 valence electrons. The van der Waals surface area contributed by atoms with Crippen molar-refractivity contribution in [1.29, 1.82) is 0 Å². The van der Waals surface area contributed by atoms with Crippen LogP contribution in [0.1, 0.15) is 45.4 Å². The van der Waals surface area contributed by atoms with Gasteiger partial charge in [0.1, 0.15) is 6.10 Å². The third-order valence-corrected chi connectivity index (χ3v) is 4.13. The summed E-state index contributed by atoms with van der Waals surface area (Å²) in [6.45, 7) is 1.66. The first-order valence-electron chi connectivity index (χ1n) is 7.46. The lowest BCUT2D eigenvalue weighted by Gasteiger charge is -2.27. The van der Waals surface area contributed by atoms with Crippen molar-refractivity contribution in [3.8, 4) is 0 Å². The molecule has 2 unspecified atom stereocenters. The summed E-state index contributed by atoms with van der Waals surface area (Å²) in [5.41, 5.74) is -0.878. The second kappa shape index (κ2) is 6.80. The van der Waals surface area contributed by atoms with Crippen molar-refractivity contribution in [2.75, 3.05) is 0 Å². The molecule has 8 nitrogen and oxygen atoms in total. The molecule has 0 bridgehead atoms. The van der Waals surface area contributed by atoms with Crippen LogP contribution in [-0.2, 0) is 24.0 Å². The monoisotopic (exact) mass is 325 g/mol. The molecule has 1 heterocycles. The van der Waals surface area contributed by atoms with Gasteiger partial charge in [0.2, 0.25) is 0 Å². The van der Waals surface area contributed by atoms with Gasteiger partial charge < -0.3 is 9.84 Å². The number of rotatable bonds is 3. The number of aliphatic carboxylic acids is 1. The summed E-state index contributed by atoms with van der Waals surface area (Å²) in [7, 11) is 0. The Labute approximate surface area is 133 Å².